The van der Waals surface area contributed by atoms with Crippen molar-refractivity contribution in [3.05, 3.63) is 11.6 Å². The maximum Gasteiger partial charge on any atom is 0.239 e. The van der Waals surface area contributed by atoms with E-state index in [4.69, 9.17) is 5.73 Å². The molecule has 1 aromatic heterocycles. The Morgan fingerprint density at radius 3 is 2.81 bits per heavy atom. The van der Waals surface area contributed by atoms with Gasteiger partial charge in [0, 0.05) is 7.05 Å². The molecule has 1 aromatic rings. The number of nitrogens with two attached hydrogens (primary N) is 1. The lowest BCUT2D eigenvalue weighted by molar-refractivity contribution is -0.132. The molecule has 3 N–H and O–H groups in total. The number of likely N-dealkylation sites (N-methyl/N-ethyl adjacent to an activating group) is 1. The van der Waals surface area contributed by atoms with E-state index in [2.05, 4.69) is 15.2 Å². The lowest BCUT2D eigenvalue weighted by atomic mass is 10.1. The van der Waals surface area contributed by atoms with Gasteiger partial charge in [0.25, 0.3) is 0 Å². The van der Waals surface area contributed by atoms with E-state index in [1.54, 1.807) is 11.9 Å². The molecule has 1 rings (SSSR count). The summed E-state index contributed by atoms with van der Waals surface area (Å²) in [6.45, 7) is 4.22. The standard InChI is InChI=1S/C10H19N5O/c1-4-5-8(11)10(16)15(3)6-9-12-7(2)13-14-9/h8H,4-6,11H2,1-3H3,(H,12,13,14)/t8-/m1/s1. The van der Waals surface area contributed by atoms with Crippen molar-refractivity contribution in [1.29, 1.82) is 0 Å². The van der Waals surface area contributed by atoms with Gasteiger partial charge in [-0.2, -0.15) is 5.10 Å². The number of carbonyl (C=O) groups is 1. The number of hydrogen-bond donors (Lipinski definition) is 2. The first kappa shape index (κ1) is 12.6. The molecule has 0 aliphatic carbocycles. The quantitative estimate of drug-likeness (QED) is 0.749. The van der Waals surface area contributed by atoms with Crippen molar-refractivity contribution in [2.24, 2.45) is 5.73 Å². The third-order valence-corrected chi connectivity index (χ3v) is 2.32. The van der Waals surface area contributed by atoms with E-state index in [1.165, 1.54) is 0 Å². The van der Waals surface area contributed by atoms with Crippen molar-refractivity contribution in [2.75, 3.05) is 7.05 Å². The SMILES string of the molecule is CCC[C@@H](N)C(=O)N(C)Cc1n[nH]c(C)n1. The minimum Gasteiger partial charge on any atom is -0.337 e. The van der Waals surface area contributed by atoms with Gasteiger partial charge in [0.15, 0.2) is 5.82 Å². The number of carbonyl (C=O) groups excluding carboxylic acids is 1. The van der Waals surface area contributed by atoms with Gasteiger partial charge in [-0.15, -0.1) is 0 Å². The van der Waals surface area contributed by atoms with Crippen molar-refractivity contribution in [2.45, 2.75) is 39.3 Å². The first-order chi connectivity index (χ1) is 7.54. The third kappa shape index (κ3) is 3.30. The number of hydrogen-bond acceptors (Lipinski definition) is 4. The molecule has 0 aliphatic rings. The molecule has 1 amide bonds. The molecule has 1 atom stereocenters. The van der Waals surface area contributed by atoms with Crippen LogP contribution in [0.25, 0.3) is 0 Å². The van der Waals surface area contributed by atoms with Crippen LogP contribution < -0.4 is 5.73 Å². The highest BCUT2D eigenvalue weighted by atomic mass is 16.2. The number of H-pyrrole nitrogens is 1. The zero-order chi connectivity index (χ0) is 12.1. The number of rotatable bonds is 5. The molecule has 16 heavy (non-hydrogen) atoms. The van der Waals surface area contributed by atoms with Crippen LogP contribution in [-0.4, -0.2) is 39.1 Å². The summed E-state index contributed by atoms with van der Waals surface area (Å²) in [7, 11) is 1.71. The van der Waals surface area contributed by atoms with Gasteiger partial charge in [-0.25, -0.2) is 4.98 Å². The number of aromatic nitrogens is 3. The van der Waals surface area contributed by atoms with Crippen LogP contribution >= 0.6 is 0 Å². The fourth-order valence-corrected chi connectivity index (χ4v) is 1.47. The highest BCUT2D eigenvalue weighted by molar-refractivity contribution is 5.81. The van der Waals surface area contributed by atoms with Crippen molar-refractivity contribution < 1.29 is 4.79 Å². The smallest absolute Gasteiger partial charge is 0.239 e. The average molecular weight is 225 g/mol. The molecule has 0 unspecified atom stereocenters. The molecule has 1 heterocycles. The Morgan fingerprint density at radius 1 is 1.62 bits per heavy atom. The van der Waals surface area contributed by atoms with Crippen LogP contribution in [0, 0.1) is 6.92 Å². The van der Waals surface area contributed by atoms with Crippen LogP contribution in [-0.2, 0) is 11.3 Å². The lowest BCUT2D eigenvalue weighted by Gasteiger charge is -2.19. The van der Waals surface area contributed by atoms with Gasteiger partial charge in [-0.3, -0.25) is 9.89 Å². The Morgan fingerprint density at radius 2 is 2.31 bits per heavy atom. The molecule has 0 saturated carbocycles. The van der Waals surface area contributed by atoms with E-state index < -0.39 is 6.04 Å². The Kier molecular flexibility index (Phi) is 4.42. The van der Waals surface area contributed by atoms with Gasteiger partial charge in [-0.1, -0.05) is 13.3 Å². The van der Waals surface area contributed by atoms with Gasteiger partial charge in [0.1, 0.15) is 5.82 Å². The minimum absolute atomic E-state index is 0.0655. The van der Waals surface area contributed by atoms with Gasteiger partial charge in [0.2, 0.25) is 5.91 Å². The summed E-state index contributed by atoms with van der Waals surface area (Å²) in [6.07, 6.45) is 1.61. The Bertz CT molecular complexity index is 349. The fraction of sp³-hybridized carbons (Fsp3) is 0.700. The van der Waals surface area contributed by atoms with Crippen LogP contribution in [0.1, 0.15) is 31.4 Å². The first-order valence-corrected chi connectivity index (χ1v) is 5.43. The zero-order valence-electron chi connectivity index (χ0n) is 10.0. The molecule has 0 bridgehead atoms. The maximum absolute atomic E-state index is 11.8. The predicted octanol–water partition coefficient (Wildman–Crippen LogP) is 0.199. The molecular weight excluding hydrogens is 206 g/mol. The summed E-state index contributed by atoms with van der Waals surface area (Å²) >= 11 is 0. The fourth-order valence-electron chi connectivity index (χ4n) is 1.47. The molecule has 0 aromatic carbocycles. The predicted molar refractivity (Wildman–Crippen MR) is 60.5 cm³/mol. The number of aromatic amines is 1. The van der Waals surface area contributed by atoms with Gasteiger partial charge in [-0.05, 0) is 13.3 Å². The normalized spacial score (nSPS) is 12.5. The second-order valence-electron chi connectivity index (χ2n) is 3.93. The number of nitrogens with zero attached hydrogens (tertiary/aromatic N) is 3. The largest absolute Gasteiger partial charge is 0.337 e. The van der Waals surface area contributed by atoms with Gasteiger partial charge in [0.05, 0.1) is 12.6 Å². The van der Waals surface area contributed by atoms with E-state index in [9.17, 15) is 4.79 Å². The summed E-state index contributed by atoms with van der Waals surface area (Å²) in [5.74, 6) is 1.29. The maximum atomic E-state index is 11.8. The molecule has 0 aliphatic heterocycles. The highest BCUT2D eigenvalue weighted by Crippen LogP contribution is 2.02. The molecule has 90 valence electrons. The van der Waals surface area contributed by atoms with Crippen molar-refractivity contribution in [3.8, 4) is 0 Å². The van der Waals surface area contributed by atoms with E-state index in [-0.39, 0.29) is 5.91 Å². The topological polar surface area (TPSA) is 87.9 Å². The molecule has 0 saturated heterocycles. The monoisotopic (exact) mass is 225 g/mol. The summed E-state index contributed by atoms with van der Waals surface area (Å²) < 4.78 is 0. The average Bonchev–Trinajstić information content (AvgIpc) is 2.63. The van der Waals surface area contributed by atoms with Crippen LogP contribution in [0.4, 0.5) is 0 Å². The van der Waals surface area contributed by atoms with E-state index >= 15 is 0 Å². The molecule has 0 spiro atoms. The molecular formula is C10H19N5O. The molecule has 0 radical (unpaired) electrons. The van der Waals surface area contributed by atoms with Crippen molar-refractivity contribution in [1.82, 2.24) is 20.1 Å². The van der Waals surface area contributed by atoms with E-state index in [1.807, 2.05) is 13.8 Å². The van der Waals surface area contributed by atoms with E-state index in [0.717, 1.165) is 12.2 Å². The third-order valence-electron chi connectivity index (χ3n) is 2.32. The van der Waals surface area contributed by atoms with Crippen LogP contribution in [0.3, 0.4) is 0 Å². The van der Waals surface area contributed by atoms with Gasteiger partial charge < -0.3 is 10.6 Å². The lowest BCUT2D eigenvalue weighted by Crippen LogP contribution is -2.41. The first-order valence-electron chi connectivity index (χ1n) is 5.43. The van der Waals surface area contributed by atoms with Crippen LogP contribution in [0.2, 0.25) is 0 Å². The Labute approximate surface area is 95.2 Å². The number of aryl methyl sites for hydroxylation is 1. The summed E-state index contributed by atoms with van der Waals surface area (Å²) in [5.41, 5.74) is 5.75. The van der Waals surface area contributed by atoms with Gasteiger partial charge >= 0.3 is 0 Å². The zero-order valence-corrected chi connectivity index (χ0v) is 10.0. The Hall–Kier alpha value is -1.43. The number of amides is 1. The second-order valence-corrected chi connectivity index (χ2v) is 3.93. The minimum atomic E-state index is -0.421. The molecule has 0 fully saturated rings. The van der Waals surface area contributed by atoms with Crippen molar-refractivity contribution >= 4 is 5.91 Å². The highest BCUT2D eigenvalue weighted by Gasteiger charge is 2.18. The molecule has 6 nitrogen and oxygen atoms in total. The van der Waals surface area contributed by atoms with Crippen molar-refractivity contribution in [3.63, 3.8) is 0 Å². The van der Waals surface area contributed by atoms with Crippen LogP contribution in [0.15, 0.2) is 0 Å². The Balaban J connectivity index is 2.51. The summed E-state index contributed by atoms with van der Waals surface area (Å²) in [6, 6.07) is -0.421. The summed E-state index contributed by atoms with van der Waals surface area (Å²) in [5, 5.41) is 6.71. The number of nitrogens with one attached hydrogen (secondary N) is 1. The van der Waals surface area contributed by atoms with E-state index in [0.29, 0.717) is 18.8 Å². The second kappa shape index (κ2) is 5.60. The summed E-state index contributed by atoms with van der Waals surface area (Å²) in [4.78, 5) is 17.5. The van der Waals surface area contributed by atoms with Crippen LogP contribution in [0.5, 0.6) is 0 Å². The molecule has 6 heteroatoms.